The lowest BCUT2D eigenvalue weighted by Crippen LogP contribution is -2.21. The van der Waals surface area contributed by atoms with Gasteiger partial charge in [0.15, 0.2) is 0 Å². The molecule has 0 saturated carbocycles. The van der Waals surface area contributed by atoms with Gasteiger partial charge in [0.1, 0.15) is 5.75 Å². The highest BCUT2D eigenvalue weighted by atomic mass is 16.4. The van der Waals surface area contributed by atoms with Crippen molar-refractivity contribution in [2.75, 3.05) is 5.32 Å². The van der Waals surface area contributed by atoms with Gasteiger partial charge in [0.2, 0.25) is 5.91 Å². The normalized spacial score (nSPS) is 14.7. The van der Waals surface area contributed by atoms with Crippen LogP contribution < -0.4 is 5.32 Å². The lowest BCUT2D eigenvalue weighted by Gasteiger charge is -2.12. The Morgan fingerprint density at radius 2 is 1.89 bits per heavy atom. The van der Waals surface area contributed by atoms with Crippen LogP contribution in [0.2, 0.25) is 0 Å². The highest BCUT2D eigenvalue weighted by Gasteiger charge is 2.21. The summed E-state index contributed by atoms with van der Waals surface area (Å²) >= 11 is 0. The molecule has 0 fully saturated rings. The first-order valence-corrected chi connectivity index (χ1v) is 5.60. The highest BCUT2D eigenvalue weighted by Crippen LogP contribution is 2.24. The molecular formula is C13H13NO4. The second-order valence-electron chi connectivity index (χ2n) is 4.16. The lowest BCUT2D eigenvalue weighted by molar-refractivity contribution is -0.119. The molecule has 2 rings (SSSR count). The van der Waals surface area contributed by atoms with Crippen molar-refractivity contribution >= 4 is 17.6 Å². The number of aromatic hydroxyl groups is 1. The number of carbonyl (C=O) groups is 2. The molecular weight excluding hydrogens is 234 g/mol. The Morgan fingerprint density at radius 1 is 1.22 bits per heavy atom. The van der Waals surface area contributed by atoms with Gasteiger partial charge in [0.25, 0.3) is 0 Å². The summed E-state index contributed by atoms with van der Waals surface area (Å²) in [7, 11) is 0. The predicted molar refractivity (Wildman–Crippen MR) is 65.6 cm³/mol. The number of carbonyl (C=O) groups excluding carboxylic acids is 1. The van der Waals surface area contributed by atoms with Crippen LogP contribution in [0.1, 0.15) is 23.2 Å². The molecule has 0 aliphatic heterocycles. The van der Waals surface area contributed by atoms with Crippen LogP contribution in [-0.4, -0.2) is 22.1 Å². The number of rotatable bonds is 3. The summed E-state index contributed by atoms with van der Waals surface area (Å²) in [5.74, 6) is -1.67. The number of amides is 1. The average Bonchev–Trinajstić information content (AvgIpc) is 2.84. The molecule has 5 nitrogen and oxygen atoms in total. The maximum Gasteiger partial charge on any atom is 0.337 e. The van der Waals surface area contributed by atoms with Gasteiger partial charge in [0, 0.05) is 5.92 Å². The summed E-state index contributed by atoms with van der Waals surface area (Å²) in [6.45, 7) is 0. The van der Waals surface area contributed by atoms with Crippen molar-refractivity contribution in [1.29, 1.82) is 0 Å². The van der Waals surface area contributed by atoms with Crippen LogP contribution in [0, 0.1) is 5.92 Å². The van der Waals surface area contributed by atoms with E-state index in [4.69, 9.17) is 5.11 Å². The Kier molecular flexibility index (Phi) is 3.32. The molecule has 0 saturated heterocycles. The van der Waals surface area contributed by atoms with Gasteiger partial charge in [-0.3, -0.25) is 4.79 Å². The zero-order valence-electron chi connectivity index (χ0n) is 9.59. The lowest BCUT2D eigenvalue weighted by atomic mass is 10.1. The van der Waals surface area contributed by atoms with Crippen molar-refractivity contribution in [1.82, 2.24) is 0 Å². The number of benzene rings is 1. The van der Waals surface area contributed by atoms with Crippen molar-refractivity contribution in [2.24, 2.45) is 5.92 Å². The molecule has 18 heavy (non-hydrogen) atoms. The van der Waals surface area contributed by atoms with E-state index in [1.165, 1.54) is 12.1 Å². The number of carboxylic acids is 1. The van der Waals surface area contributed by atoms with Gasteiger partial charge in [-0.25, -0.2) is 4.79 Å². The number of carboxylic acid groups (broad SMARTS) is 1. The van der Waals surface area contributed by atoms with E-state index in [0.717, 1.165) is 6.07 Å². The summed E-state index contributed by atoms with van der Waals surface area (Å²) in [5, 5.41) is 20.8. The Hall–Kier alpha value is -2.30. The van der Waals surface area contributed by atoms with E-state index >= 15 is 0 Å². The second-order valence-corrected chi connectivity index (χ2v) is 4.16. The Bertz CT molecular complexity index is 514. The second kappa shape index (κ2) is 4.91. The predicted octanol–water partition coefficient (Wildman–Crippen LogP) is 2.00. The summed E-state index contributed by atoms with van der Waals surface area (Å²) in [4.78, 5) is 22.9. The van der Waals surface area contributed by atoms with Crippen molar-refractivity contribution in [3.63, 3.8) is 0 Å². The molecule has 0 heterocycles. The molecule has 94 valence electrons. The minimum Gasteiger partial charge on any atom is -0.508 e. The molecule has 0 radical (unpaired) electrons. The topological polar surface area (TPSA) is 86.6 Å². The van der Waals surface area contributed by atoms with Crippen LogP contribution in [0.4, 0.5) is 5.69 Å². The van der Waals surface area contributed by atoms with Gasteiger partial charge >= 0.3 is 5.97 Å². The summed E-state index contributed by atoms with van der Waals surface area (Å²) in [6, 6.07) is 3.85. The zero-order valence-corrected chi connectivity index (χ0v) is 9.59. The number of phenolic OH excluding ortho intramolecular Hbond substituents is 1. The zero-order chi connectivity index (χ0) is 13.1. The molecule has 0 aromatic heterocycles. The molecule has 1 aromatic rings. The Labute approximate surface area is 104 Å². The molecule has 0 unspecified atom stereocenters. The maximum atomic E-state index is 11.9. The summed E-state index contributed by atoms with van der Waals surface area (Å²) < 4.78 is 0. The monoisotopic (exact) mass is 247 g/mol. The molecule has 1 amide bonds. The maximum absolute atomic E-state index is 11.9. The van der Waals surface area contributed by atoms with Crippen molar-refractivity contribution < 1.29 is 19.8 Å². The Balaban J connectivity index is 2.18. The smallest absolute Gasteiger partial charge is 0.337 e. The third-order valence-corrected chi connectivity index (χ3v) is 2.87. The Morgan fingerprint density at radius 3 is 2.50 bits per heavy atom. The highest BCUT2D eigenvalue weighted by molar-refractivity contribution is 6.01. The molecule has 0 spiro atoms. The van der Waals surface area contributed by atoms with Crippen molar-refractivity contribution in [3.05, 3.63) is 35.9 Å². The third-order valence-electron chi connectivity index (χ3n) is 2.87. The molecule has 5 heteroatoms. The van der Waals surface area contributed by atoms with Crippen LogP contribution in [0.25, 0.3) is 0 Å². The van der Waals surface area contributed by atoms with Crippen LogP contribution in [0.5, 0.6) is 5.75 Å². The molecule has 0 bridgehead atoms. The largest absolute Gasteiger partial charge is 0.508 e. The third kappa shape index (κ3) is 2.51. The molecule has 1 aliphatic rings. The van der Waals surface area contributed by atoms with E-state index in [-0.39, 0.29) is 28.8 Å². The van der Waals surface area contributed by atoms with Gasteiger partial charge in [-0.05, 0) is 31.0 Å². The number of hydrogen-bond donors (Lipinski definition) is 3. The van der Waals surface area contributed by atoms with E-state index in [1.807, 2.05) is 12.2 Å². The quantitative estimate of drug-likeness (QED) is 0.563. The minimum atomic E-state index is -1.19. The van der Waals surface area contributed by atoms with Crippen molar-refractivity contribution in [2.45, 2.75) is 12.8 Å². The van der Waals surface area contributed by atoms with Gasteiger partial charge in [-0.15, -0.1) is 0 Å². The summed E-state index contributed by atoms with van der Waals surface area (Å²) in [6.07, 6.45) is 5.21. The van der Waals surface area contributed by atoms with Crippen LogP contribution in [0.15, 0.2) is 30.4 Å². The number of allylic oxidation sites excluding steroid dienone is 2. The first kappa shape index (κ1) is 12.2. The van der Waals surface area contributed by atoms with E-state index in [0.29, 0.717) is 12.8 Å². The summed E-state index contributed by atoms with van der Waals surface area (Å²) in [5.41, 5.74) is 0.0894. The number of aromatic carboxylic acids is 1. The van der Waals surface area contributed by atoms with Gasteiger partial charge < -0.3 is 15.5 Å². The average molecular weight is 247 g/mol. The fourth-order valence-electron chi connectivity index (χ4n) is 1.88. The van der Waals surface area contributed by atoms with Gasteiger partial charge in [-0.1, -0.05) is 12.2 Å². The fourth-order valence-corrected chi connectivity index (χ4v) is 1.88. The standard InChI is InChI=1S/C13H13NO4/c15-9-5-6-11(10(7-9)13(17)18)14-12(16)8-3-1-2-4-8/h1-2,5-8,15H,3-4H2,(H,14,16)(H,17,18). The van der Waals surface area contributed by atoms with Crippen LogP contribution >= 0.6 is 0 Å². The molecule has 0 atom stereocenters. The van der Waals surface area contributed by atoms with Crippen LogP contribution in [-0.2, 0) is 4.79 Å². The first-order chi connectivity index (χ1) is 8.58. The number of nitrogens with one attached hydrogen (secondary N) is 1. The van der Waals surface area contributed by atoms with E-state index in [9.17, 15) is 14.7 Å². The number of anilines is 1. The van der Waals surface area contributed by atoms with E-state index in [2.05, 4.69) is 5.32 Å². The van der Waals surface area contributed by atoms with Crippen molar-refractivity contribution in [3.8, 4) is 5.75 Å². The SMILES string of the molecule is O=C(O)c1cc(O)ccc1NC(=O)C1CC=CC1. The number of hydrogen-bond acceptors (Lipinski definition) is 3. The molecule has 3 N–H and O–H groups in total. The minimum absolute atomic E-state index is 0.116. The number of phenols is 1. The van der Waals surface area contributed by atoms with Gasteiger partial charge in [-0.2, -0.15) is 0 Å². The van der Waals surface area contributed by atoms with E-state index < -0.39 is 5.97 Å². The first-order valence-electron chi connectivity index (χ1n) is 5.60. The fraction of sp³-hybridized carbons (Fsp3) is 0.231. The molecule has 1 aromatic carbocycles. The van der Waals surface area contributed by atoms with Gasteiger partial charge in [0.05, 0.1) is 11.3 Å². The molecule has 1 aliphatic carbocycles. The van der Waals surface area contributed by atoms with E-state index in [1.54, 1.807) is 0 Å². The van der Waals surface area contributed by atoms with Crippen LogP contribution in [0.3, 0.4) is 0 Å².